The lowest BCUT2D eigenvalue weighted by molar-refractivity contribution is 0.102. The van der Waals surface area contributed by atoms with E-state index in [9.17, 15) is 9.18 Å². The van der Waals surface area contributed by atoms with E-state index in [4.69, 9.17) is 0 Å². The van der Waals surface area contributed by atoms with Crippen molar-refractivity contribution in [3.05, 3.63) is 83.4 Å². The SMILES string of the molecule is CC(C)(C)c1ccccc1NC(=O)c1ccnc(NCc2ccc(F)cc2)n1. The molecule has 0 radical (unpaired) electrons. The third-order valence-corrected chi connectivity index (χ3v) is 4.24. The van der Waals surface area contributed by atoms with Gasteiger partial charge in [0.15, 0.2) is 0 Å². The van der Waals surface area contributed by atoms with Gasteiger partial charge in [-0.25, -0.2) is 14.4 Å². The molecule has 0 saturated heterocycles. The molecule has 5 nitrogen and oxygen atoms in total. The summed E-state index contributed by atoms with van der Waals surface area (Å²) in [6.07, 6.45) is 1.53. The monoisotopic (exact) mass is 378 g/mol. The number of halogens is 1. The first-order chi connectivity index (χ1) is 13.3. The molecule has 28 heavy (non-hydrogen) atoms. The van der Waals surface area contributed by atoms with Gasteiger partial charge in [0.2, 0.25) is 5.95 Å². The molecule has 0 unspecified atom stereocenters. The van der Waals surface area contributed by atoms with Crippen LogP contribution in [0.3, 0.4) is 0 Å². The lowest BCUT2D eigenvalue weighted by atomic mass is 9.86. The third-order valence-electron chi connectivity index (χ3n) is 4.24. The number of amides is 1. The average Bonchev–Trinajstić information content (AvgIpc) is 2.67. The van der Waals surface area contributed by atoms with E-state index in [0.29, 0.717) is 12.5 Å². The van der Waals surface area contributed by atoms with Gasteiger partial charge in [-0.05, 0) is 40.8 Å². The molecule has 0 spiro atoms. The number of aromatic nitrogens is 2. The van der Waals surface area contributed by atoms with Crippen LogP contribution in [-0.4, -0.2) is 15.9 Å². The van der Waals surface area contributed by atoms with Crippen molar-refractivity contribution in [3.63, 3.8) is 0 Å². The summed E-state index contributed by atoms with van der Waals surface area (Å²) in [7, 11) is 0. The molecule has 3 rings (SSSR count). The van der Waals surface area contributed by atoms with Crippen molar-refractivity contribution in [2.75, 3.05) is 10.6 Å². The maximum absolute atomic E-state index is 13.0. The third kappa shape index (κ3) is 4.91. The van der Waals surface area contributed by atoms with E-state index in [0.717, 1.165) is 16.8 Å². The second kappa shape index (κ2) is 8.17. The summed E-state index contributed by atoms with van der Waals surface area (Å²) in [6.45, 7) is 6.72. The summed E-state index contributed by atoms with van der Waals surface area (Å²) in [5, 5.41) is 5.99. The molecule has 0 saturated carbocycles. The molecular formula is C22H23FN4O. The van der Waals surface area contributed by atoms with Gasteiger partial charge in [-0.3, -0.25) is 4.79 Å². The van der Waals surface area contributed by atoms with E-state index < -0.39 is 0 Å². The standard InChI is InChI=1S/C22H23FN4O/c1-22(2,3)17-6-4-5-7-18(17)26-20(28)19-12-13-24-21(27-19)25-14-15-8-10-16(23)11-9-15/h4-13H,14H2,1-3H3,(H,26,28)(H,24,25,27). The van der Waals surface area contributed by atoms with E-state index in [1.165, 1.54) is 18.3 Å². The molecule has 1 aromatic heterocycles. The van der Waals surface area contributed by atoms with Crippen LogP contribution in [0.25, 0.3) is 0 Å². The molecule has 144 valence electrons. The van der Waals surface area contributed by atoms with Gasteiger partial charge in [0, 0.05) is 18.4 Å². The molecule has 6 heteroatoms. The van der Waals surface area contributed by atoms with Crippen molar-refractivity contribution >= 4 is 17.5 Å². The highest BCUT2D eigenvalue weighted by Crippen LogP contribution is 2.29. The van der Waals surface area contributed by atoms with Crippen LogP contribution in [0.1, 0.15) is 42.4 Å². The van der Waals surface area contributed by atoms with Gasteiger partial charge < -0.3 is 10.6 Å². The van der Waals surface area contributed by atoms with E-state index in [-0.39, 0.29) is 22.8 Å². The van der Waals surface area contributed by atoms with Crippen molar-refractivity contribution in [3.8, 4) is 0 Å². The van der Waals surface area contributed by atoms with Crippen LogP contribution >= 0.6 is 0 Å². The normalized spacial score (nSPS) is 11.1. The minimum Gasteiger partial charge on any atom is -0.350 e. The number of para-hydroxylation sites is 1. The Kier molecular flexibility index (Phi) is 5.68. The minimum absolute atomic E-state index is 0.0998. The zero-order chi connectivity index (χ0) is 20.1. The molecule has 1 heterocycles. The minimum atomic E-state index is -0.302. The van der Waals surface area contributed by atoms with Crippen molar-refractivity contribution in [1.29, 1.82) is 0 Å². The number of nitrogens with one attached hydrogen (secondary N) is 2. The van der Waals surface area contributed by atoms with Crippen LogP contribution < -0.4 is 10.6 Å². The van der Waals surface area contributed by atoms with Gasteiger partial charge in [-0.15, -0.1) is 0 Å². The van der Waals surface area contributed by atoms with E-state index in [1.807, 2.05) is 24.3 Å². The molecular weight excluding hydrogens is 355 g/mol. The number of benzene rings is 2. The summed E-state index contributed by atoms with van der Waals surface area (Å²) >= 11 is 0. The Morgan fingerprint density at radius 1 is 1.04 bits per heavy atom. The Labute approximate surface area is 164 Å². The van der Waals surface area contributed by atoms with Crippen molar-refractivity contribution in [1.82, 2.24) is 9.97 Å². The highest BCUT2D eigenvalue weighted by Gasteiger charge is 2.19. The van der Waals surface area contributed by atoms with E-state index in [1.54, 1.807) is 18.2 Å². The molecule has 0 fully saturated rings. The summed E-state index contributed by atoms with van der Waals surface area (Å²) in [5.41, 5.74) is 2.86. The van der Waals surface area contributed by atoms with Crippen LogP contribution in [0.5, 0.6) is 0 Å². The maximum Gasteiger partial charge on any atom is 0.274 e. The van der Waals surface area contributed by atoms with Crippen LogP contribution in [-0.2, 0) is 12.0 Å². The quantitative estimate of drug-likeness (QED) is 0.671. The molecule has 0 atom stereocenters. The fraction of sp³-hybridized carbons (Fsp3) is 0.227. The second-order valence-corrected chi connectivity index (χ2v) is 7.50. The van der Waals surface area contributed by atoms with Crippen molar-refractivity contribution in [2.45, 2.75) is 32.7 Å². The fourth-order valence-corrected chi connectivity index (χ4v) is 2.79. The van der Waals surface area contributed by atoms with Gasteiger partial charge >= 0.3 is 0 Å². The first-order valence-electron chi connectivity index (χ1n) is 9.05. The van der Waals surface area contributed by atoms with E-state index >= 15 is 0 Å². The first-order valence-corrected chi connectivity index (χ1v) is 9.05. The summed E-state index contributed by atoms with van der Waals surface area (Å²) in [5.74, 6) is -0.251. The molecule has 0 aliphatic rings. The Morgan fingerprint density at radius 3 is 2.46 bits per heavy atom. The highest BCUT2D eigenvalue weighted by molar-refractivity contribution is 6.03. The molecule has 0 aliphatic heterocycles. The van der Waals surface area contributed by atoms with Crippen LogP contribution in [0.2, 0.25) is 0 Å². The predicted octanol–water partition coefficient (Wildman–Crippen LogP) is 4.78. The summed E-state index contributed by atoms with van der Waals surface area (Å²) in [4.78, 5) is 21.1. The predicted molar refractivity (Wildman–Crippen MR) is 109 cm³/mol. The Hall–Kier alpha value is -3.28. The molecule has 1 amide bonds. The lowest BCUT2D eigenvalue weighted by Gasteiger charge is -2.22. The number of anilines is 2. The number of nitrogens with zero attached hydrogens (tertiary/aromatic N) is 2. The number of hydrogen-bond donors (Lipinski definition) is 2. The molecule has 0 aliphatic carbocycles. The molecule has 3 aromatic rings. The average molecular weight is 378 g/mol. The largest absolute Gasteiger partial charge is 0.350 e. The lowest BCUT2D eigenvalue weighted by Crippen LogP contribution is -2.20. The molecule has 2 aromatic carbocycles. The molecule has 0 bridgehead atoms. The second-order valence-electron chi connectivity index (χ2n) is 7.50. The Bertz CT molecular complexity index is 965. The van der Waals surface area contributed by atoms with Gasteiger partial charge in [-0.1, -0.05) is 51.1 Å². The smallest absolute Gasteiger partial charge is 0.274 e. The van der Waals surface area contributed by atoms with Crippen molar-refractivity contribution in [2.24, 2.45) is 0 Å². The summed E-state index contributed by atoms with van der Waals surface area (Å²) in [6, 6.07) is 15.5. The number of carbonyl (C=O) groups is 1. The first kappa shape index (κ1) is 19.5. The van der Waals surface area contributed by atoms with Crippen molar-refractivity contribution < 1.29 is 9.18 Å². The zero-order valence-electron chi connectivity index (χ0n) is 16.2. The van der Waals surface area contributed by atoms with Gasteiger partial charge in [0.25, 0.3) is 5.91 Å². The number of hydrogen-bond acceptors (Lipinski definition) is 4. The Morgan fingerprint density at radius 2 is 1.75 bits per heavy atom. The topological polar surface area (TPSA) is 66.9 Å². The molecule has 2 N–H and O–H groups in total. The van der Waals surface area contributed by atoms with Gasteiger partial charge in [-0.2, -0.15) is 0 Å². The number of rotatable bonds is 5. The van der Waals surface area contributed by atoms with Crippen LogP contribution in [0.15, 0.2) is 60.8 Å². The van der Waals surface area contributed by atoms with E-state index in [2.05, 4.69) is 41.4 Å². The highest BCUT2D eigenvalue weighted by atomic mass is 19.1. The maximum atomic E-state index is 13.0. The van der Waals surface area contributed by atoms with Gasteiger partial charge in [0.05, 0.1) is 0 Å². The Balaban J connectivity index is 1.72. The van der Waals surface area contributed by atoms with Gasteiger partial charge in [0.1, 0.15) is 11.5 Å². The zero-order valence-corrected chi connectivity index (χ0v) is 16.2. The van der Waals surface area contributed by atoms with Crippen LogP contribution in [0, 0.1) is 5.82 Å². The summed E-state index contributed by atoms with van der Waals surface area (Å²) < 4.78 is 13.0. The number of carbonyl (C=O) groups excluding carboxylic acids is 1. The van der Waals surface area contributed by atoms with Crippen LogP contribution in [0.4, 0.5) is 16.0 Å². The fourth-order valence-electron chi connectivity index (χ4n) is 2.79.